The highest BCUT2D eigenvalue weighted by atomic mass is 32.1. The minimum atomic E-state index is 0.852. The molecule has 1 aromatic heterocycles. The third kappa shape index (κ3) is 2.39. The standard InChI is InChI=1S/C8H7NS2.C2H6/c1-5-2-3-6-7(4-5)11-8(10)9-6;1-2/h2-4H,1H3,(H,9,10);1-2H3. The Morgan fingerprint density at radius 2 is 2.00 bits per heavy atom. The average molecular weight is 211 g/mol. The third-order valence-electron chi connectivity index (χ3n) is 1.58. The molecule has 0 unspecified atom stereocenters. The van der Waals surface area contributed by atoms with Gasteiger partial charge in [0, 0.05) is 0 Å². The van der Waals surface area contributed by atoms with Crippen LogP contribution in [0.3, 0.4) is 0 Å². The van der Waals surface area contributed by atoms with E-state index < -0.39 is 0 Å². The molecule has 1 nitrogen and oxygen atoms in total. The van der Waals surface area contributed by atoms with Gasteiger partial charge in [0.2, 0.25) is 0 Å². The van der Waals surface area contributed by atoms with Gasteiger partial charge in [-0.15, -0.1) is 11.3 Å². The minimum absolute atomic E-state index is 0.852. The summed E-state index contributed by atoms with van der Waals surface area (Å²) in [7, 11) is 0. The van der Waals surface area contributed by atoms with Gasteiger partial charge in [-0.25, -0.2) is 0 Å². The largest absolute Gasteiger partial charge is 0.337 e. The Morgan fingerprint density at radius 1 is 1.31 bits per heavy atom. The molecule has 0 fully saturated rings. The number of benzene rings is 1. The normalized spacial score (nSPS) is 9.46. The third-order valence-corrected chi connectivity index (χ3v) is 2.77. The molecule has 3 heteroatoms. The lowest BCUT2D eigenvalue weighted by atomic mass is 10.2. The number of aromatic amines is 1. The second-order valence-corrected chi connectivity index (χ2v) is 4.23. The van der Waals surface area contributed by atoms with Crippen LogP contribution in [0.4, 0.5) is 0 Å². The van der Waals surface area contributed by atoms with Crippen LogP contribution in [-0.2, 0) is 0 Å². The van der Waals surface area contributed by atoms with Crippen LogP contribution in [0.25, 0.3) is 10.2 Å². The molecule has 0 aliphatic heterocycles. The molecule has 0 amide bonds. The van der Waals surface area contributed by atoms with Crippen molar-refractivity contribution >= 4 is 33.8 Å². The van der Waals surface area contributed by atoms with Gasteiger partial charge < -0.3 is 4.98 Å². The van der Waals surface area contributed by atoms with Crippen molar-refractivity contribution in [3.05, 3.63) is 27.7 Å². The second kappa shape index (κ2) is 4.53. The van der Waals surface area contributed by atoms with Crippen LogP contribution in [0.2, 0.25) is 0 Å². The van der Waals surface area contributed by atoms with Gasteiger partial charge in [-0.3, -0.25) is 0 Å². The second-order valence-electron chi connectivity index (χ2n) is 2.51. The fraction of sp³-hybridized carbons (Fsp3) is 0.300. The Labute approximate surface area is 87.4 Å². The quantitative estimate of drug-likeness (QED) is 0.643. The lowest BCUT2D eigenvalue weighted by Gasteiger charge is -1.89. The molecule has 0 spiro atoms. The molecule has 0 aliphatic carbocycles. The number of nitrogens with one attached hydrogen (secondary N) is 1. The minimum Gasteiger partial charge on any atom is -0.337 e. The molecule has 13 heavy (non-hydrogen) atoms. The molecule has 0 atom stereocenters. The van der Waals surface area contributed by atoms with Gasteiger partial charge in [-0.1, -0.05) is 19.9 Å². The van der Waals surface area contributed by atoms with E-state index in [1.54, 1.807) is 11.3 Å². The van der Waals surface area contributed by atoms with Crippen molar-refractivity contribution in [2.75, 3.05) is 0 Å². The molecule has 0 saturated heterocycles. The molecule has 70 valence electrons. The molecule has 1 heterocycles. The Balaban J connectivity index is 0.000000396. The van der Waals surface area contributed by atoms with Crippen LogP contribution in [0.5, 0.6) is 0 Å². The van der Waals surface area contributed by atoms with Crippen molar-refractivity contribution in [2.24, 2.45) is 0 Å². The summed E-state index contributed by atoms with van der Waals surface area (Å²) in [5, 5.41) is 0. The van der Waals surface area contributed by atoms with Crippen LogP contribution in [0, 0.1) is 10.9 Å². The van der Waals surface area contributed by atoms with Crippen molar-refractivity contribution < 1.29 is 0 Å². The molecule has 0 bridgehead atoms. The first-order chi connectivity index (χ1) is 6.25. The van der Waals surface area contributed by atoms with E-state index in [-0.39, 0.29) is 0 Å². The van der Waals surface area contributed by atoms with Gasteiger partial charge in [0.05, 0.1) is 10.2 Å². The molecular weight excluding hydrogens is 198 g/mol. The van der Waals surface area contributed by atoms with Gasteiger partial charge in [-0.05, 0) is 36.8 Å². The molecule has 1 aromatic carbocycles. The van der Waals surface area contributed by atoms with Crippen molar-refractivity contribution in [3.8, 4) is 0 Å². The Hall–Kier alpha value is -0.670. The van der Waals surface area contributed by atoms with Crippen LogP contribution >= 0.6 is 23.6 Å². The van der Waals surface area contributed by atoms with E-state index in [1.807, 2.05) is 13.8 Å². The summed E-state index contributed by atoms with van der Waals surface area (Å²) < 4.78 is 2.10. The van der Waals surface area contributed by atoms with Gasteiger partial charge in [0.1, 0.15) is 0 Å². The smallest absolute Gasteiger partial charge is 0.159 e. The highest BCUT2D eigenvalue weighted by Crippen LogP contribution is 2.19. The maximum absolute atomic E-state index is 5.02. The van der Waals surface area contributed by atoms with Crippen molar-refractivity contribution in [2.45, 2.75) is 20.8 Å². The summed E-state index contributed by atoms with van der Waals surface area (Å²) in [6.07, 6.45) is 0. The van der Waals surface area contributed by atoms with E-state index in [0.29, 0.717) is 0 Å². The lowest BCUT2D eigenvalue weighted by Crippen LogP contribution is -1.69. The van der Waals surface area contributed by atoms with Crippen molar-refractivity contribution in [1.29, 1.82) is 0 Å². The molecule has 0 saturated carbocycles. The van der Waals surface area contributed by atoms with Crippen LogP contribution in [-0.4, -0.2) is 4.98 Å². The zero-order chi connectivity index (χ0) is 9.84. The van der Waals surface area contributed by atoms with Crippen LogP contribution in [0.15, 0.2) is 18.2 Å². The SMILES string of the molecule is CC.Cc1ccc2[nH]c(=S)sc2c1. The predicted molar refractivity (Wildman–Crippen MR) is 63.1 cm³/mol. The fourth-order valence-corrected chi connectivity index (χ4v) is 2.27. The summed E-state index contributed by atoms with van der Waals surface area (Å²) in [6, 6.07) is 6.30. The number of hydrogen-bond acceptors (Lipinski definition) is 2. The summed E-state index contributed by atoms with van der Waals surface area (Å²) in [5.74, 6) is 0. The first-order valence-corrected chi connectivity index (χ1v) is 5.58. The summed E-state index contributed by atoms with van der Waals surface area (Å²) in [5.41, 5.74) is 2.42. The van der Waals surface area contributed by atoms with Crippen LogP contribution < -0.4 is 0 Å². The van der Waals surface area contributed by atoms with E-state index in [2.05, 4.69) is 30.1 Å². The number of thiazole rings is 1. The van der Waals surface area contributed by atoms with Gasteiger partial charge in [0.15, 0.2) is 3.95 Å². The number of aryl methyl sites for hydroxylation is 1. The summed E-state index contributed by atoms with van der Waals surface area (Å²) >= 11 is 6.64. The van der Waals surface area contributed by atoms with Crippen LogP contribution in [0.1, 0.15) is 19.4 Å². The molecule has 0 radical (unpaired) electrons. The highest BCUT2D eigenvalue weighted by molar-refractivity contribution is 7.73. The first kappa shape index (κ1) is 10.4. The molecule has 2 aromatic rings. The number of rotatable bonds is 0. The monoisotopic (exact) mass is 211 g/mol. The topological polar surface area (TPSA) is 15.8 Å². The van der Waals surface area contributed by atoms with E-state index in [9.17, 15) is 0 Å². The Morgan fingerprint density at radius 3 is 2.69 bits per heavy atom. The first-order valence-electron chi connectivity index (χ1n) is 4.35. The van der Waals surface area contributed by atoms with E-state index in [0.717, 1.165) is 9.47 Å². The van der Waals surface area contributed by atoms with Gasteiger partial charge in [0.25, 0.3) is 0 Å². The maximum atomic E-state index is 5.02. The van der Waals surface area contributed by atoms with Gasteiger partial charge >= 0.3 is 0 Å². The van der Waals surface area contributed by atoms with Gasteiger partial charge in [-0.2, -0.15) is 0 Å². The van der Waals surface area contributed by atoms with E-state index in [1.165, 1.54) is 10.3 Å². The highest BCUT2D eigenvalue weighted by Gasteiger charge is 1.94. The predicted octanol–water partition coefficient (Wildman–Crippen LogP) is 4.29. The number of hydrogen-bond donors (Lipinski definition) is 1. The maximum Gasteiger partial charge on any atom is 0.159 e. The molecule has 0 aliphatic rings. The van der Waals surface area contributed by atoms with E-state index in [4.69, 9.17) is 12.2 Å². The molecule has 1 N–H and O–H groups in total. The van der Waals surface area contributed by atoms with E-state index >= 15 is 0 Å². The number of aromatic nitrogens is 1. The Bertz CT molecular complexity index is 439. The lowest BCUT2D eigenvalue weighted by molar-refractivity contribution is 1.45. The molecule has 2 rings (SSSR count). The number of H-pyrrole nitrogens is 1. The van der Waals surface area contributed by atoms with Crippen molar-refractivity contribution in [1.82, 2.24) is 4.98 Å². The summed E-state index contributed by atoms with van der Waals surface area (Å²) in [6.45, 7) is 6.09. The average Bonchev–Trinajstić information content (AvgIpc) is 2.48. The zero-order valence-electron chi connectivity index (χ0n) is 8.05. The zero-order valence-corrected chi connectivity index (χ0v) is 9.68. The fourth-order valence-electron chi connectivity index (χ4n) is 1.05. The molecular formula is C10H13NS2. The Kier molecular flexibility index (Phi) is 3.63. The number of fused-ring (bicyclic) bond motifs is 1. The summed E-state index contributed by atoms with van der Waals surface area (Å²) in [4.78, 5) is 3.12. The van der Waals surface area contributed by atoms with Crippen molar-refractivity contribution in [3.63, 3.8) is 0 Å².